The Hall–Kier alpha value is -1.67. The van der Waals surface area contributed by atoms with E-state index < -0.39 is 12.7 Å². The van der Waals surface area contributed by atoms with Crippen molar-refractivity contribution in [1.29, 1.82) is 5.26 Å². The fraction of sp³-hybridized carbons (Fsp3) is 0.222. The molecule has 5 heteroatoms. The second-order valence-corrected chi connectivity index (χ2v) is 2.52. The average molecular weight is 198 g/mol. The molecule has 0 radical (unpaired) electrons. The average Bonchev–Trinajstić information content (AvgIpc) is 2.16. The van der Waals surface area contributed by atoms with Gasteiger partial charge in [-0.05, 0) is 6.07 Å². The lowest BCUT2D eigenvalue weighted by Gasteiger charge is -2.10. The third-order valence-corrected chi connectivity index (χ3v) is 1.61. The Balaban J connectivity index is 2.98. The number of hydrogen-bond donors (Lipinski definition) is 1. The van der Waals surface area contributed by atoms with Gasteiger partial charge < -0.3 is 10.5 Å². The van der Waals surface area contributed by atoms with Crippen molar-refractivity contribution < 1.29 is 13.5 Å². The van der Waals surface area contributed by atoms with Crippen LogP contribution in [0.25, 0.3) is 0 Å². The van der Waals surface area contributed by atoms with E-state index in [-0.39, 0.29) is 11.3 Å². The van der Waals surface area contributed by atoms with Crippen molar-refractivity contribution in [3.8, 4) is 11.8 Å². The van der Waals surface area contributed by atoms with E-state index in [0.717, 1.165) is 0 Å². The molecule has 0 heterocycles. The normalized spacial score (nSPS) is 12.2. The van der Waals surface area contributed by atoms with E-state index >= 15 is 0 Å². The lowest BCUT2D eigenvalue weighted by Crippen LogP contribution is -2.11. The Bertz CT molecular complexity index is 349. The summed E-state index contributed by atoms with van der Waals surface area (Å²) < 4.78 is 28.0. The number of nitrogens with two attached hydrogens (primary N) is 1. The maximum absolute atomic E-state index is 11.9. The highest BCUT2D eigenvalue weighted by Gasteiger charge is 2.13. The summed E-state index contributed by atoms with van der Waals surface area (Å²) in [5.74, 6) is -0.0587. The van der Waals surface area contributed by atoms with Gasteiger partial charge in [-0.25, -0.2) is 0 Å². The molecule has 14 heavy (non-hydrogen) atoms. The van der Waals surface area contributed by atoms with Gasteiger partial charge in [0.25, 0.3) is 0 Å². The summed E-state index contributed by atoms with van der Waals surface area (Å²) in [5, 5.41) is 8.53. The predicted octanol–water partition coefficient (Wildman–Crippen LogP) is 1.81. The Kier molecular flexibility index (Phi) is 3.37. The molecule has 1 rings (SSSR count). The van der Waals surface area contributed by atoms with Crippen molar-refractivity contribution in [3.63, 3.8) is 0 Å². The molecule has 74 valence electrons. The first-order valence-corrected chi connectivity index (χ1v) is 3.84. The Morgan fingerprint density at radius 2 is 2.00 bits per heavy atom. The number of rotatable bonds is 3. The smallest absolute Gasteiger partial charge is 0.387 e. The Morgan fingerprint density at radius 1 is 1.36 bits per heavy atom. The van der Waals surface area contributed by atoms with Crippen molar-refractivity contribution in [1.82, 2.24) is 0 Å². The van der Waals surface area contributed by atoms with Crippen LogP contribution < -0.4 is 10.5 Å². The highest BCUT2D eigenvalue weighted by Crippen LogP contribution is 2.24. The maximum atomic E-state index is 11.9. The van der Waals surface area contributed by atoms with E-state index in [1.165, 1.54) is 18.2 Å². The molecule has 1 aromatic carbocycles. The molecule has 0 bridgehead atoms. The minimum Gasteiger partial charge on any atom is -0.434 e. The number of nitrogens with zero attached hydrogens (tertiary/aromatic N) is 1. The van der Waals surface area contributed by atoms with Crippen LogP contribution in [0.1, 0.15) is 11.6 Å². The van der Waals surface area contributed by atoms with E-state index in [4.69, 9.17) is 11.0 Å². The summed E-state index contributed by atoms with van der Waals surface area (Å²) in [6, 6.07) is 6.75. The summed E-state index contributed by atoms with van der Waals surface area (Å²) in [6.45, 7) is -2.91. The molecule has 2 N–H and O–H groups in total. The predicted molar refractivity (Wildman–Crippen MR) is 45.6 cm³/mol. The molecule has 0 spiro atoms. The van der Waals surface area contributed by atoms with E-state index in [2.05, 4.69) is 4.74 Å². The van der Waals surface area contributed by atoms with Gasteiger partial charge >= 0.3 is 6.61 Å². The third kappa shape index (κ3) is 2.41. The maximum Gasteiger partial charge on any atom is 0.387 e. The summed E-state index contributed by atoms with van der Waals surface area (Å²) in [7, 11) is 0. The zero-order chi connectivity index (χ0) is 10.6. The quantitative estimate of drug-likeness (QED) is 0.805. The Morgan fingerprint density at radius 3 is 2.57 bits per heavy atom. The fourth-order valence-electron chi connectivity index (χ4n) is 1.01. The van der Waals surface area contributed by atoms with Crippen molar-refractivity contribution >= 4 is 0 Å². The molecule has 0 saturated carbocycles. The molecular formula is C9H8F2N2O. The first-order chi connectivity index (χ1) is 6.65. The number of ether oxygens (including phenoxy) is 1. The molecule has 0 saturated heterocycles. The summed E-state index contributed by atoms with van der Waals surface area (Å²) >= 11 is 0. The monoisotopic (exact) mass is 198 g/mol. The third-order valence-electron chi connectivity index (χ3n) is 1.61. The van der Waals surface area contributed by atoms with Gasteiger partial charge in [0.05, 0.1) is 6.07 Å². The van der Waals surface area contributed by atoms with Crippen LogP contribution in [0.5, 0.6) is 5.75 Å². The number of para-hydroxylation sites is 1. The number of hydrogen-bond acceptors (Lipinski definition) is 3. The topological polar surface area (TPSA) is 59.0 Å². The highest BCUT2D eigenvalue weighted by atomic mass is 19.3. The van der Waals surface area contributed by atoms with Crippen molar-refractivity contribution in [3.05, 3.63) is 29.8 Å². The molecule has 0 amide bonds. The molecule has 0 aliphatic rings. The minimum atomic E-state index is -2.91. The number of benzene rings is 1. The lowest BCUT2D eigenvalue weighted by molar-refractivity contribution is -0.0505. The van der Waals surface area contributed by atoms with Crippen molar-refractivity contribution in [2.24, 2.45) is 5.73 Å². The van der Waals surface area contributed by atoms with Gasteiger partial charge in [-0.15, -0.1) is 0 Å². The largest absolute Gasteiger partial charge is 0.434 e. The Labute approximate surface area is 79.7 Å². The molecule has 0 aliphatic carbocycles. The fourth-order valence-corrected chi connectivity index (χ4v) is 1.01. The van der Waals surface area contributed by atoms with Gasteiger partial charge in [0.1, 0.15) is 11.8 Å². The lowest BCUT2D eigenvalue weighted by atomic mass is 10.1. The van der Waals surface area contributed by atoms with E-state index in [1.54, 1.807) is 12.1 Å². The van der Waals surface area contributed by atoms with E-state index in [1.807, 2.05) is 0 Å². The van der Waals surface area contributed by atoms with Crippen LogP contribution >= 0.6 is 0 Å². The van der Waals surface area contributed by atoms with Gasteiger partial charge in [-0.2, -0.15) is 14.0 Å². The van der Waals surface area contributed by atoms with Crippen molar-refractivity contribution in [2.45, 2.75) is 12.7 Å². The summed E-state index contributed by atoms with van der Waals surface area (Å²) in [4.78, 5) is 0. The molecule has 3 nitrogen and oxygen atoms in total. The second-order valence-electron chi connectivity index (χ2n) is 2.52. The van der Waals surface area contributed by atoms with Crippen LogP contribution in [0.15, 0.2) is 24.3 Å². The first-order valence-electron chi connectivity index (χ1n) is 3.84. The van der Waals surface area contributed by atoms with Gasteiger partial charge in [0.2, 0.25) is 0 Å². The molecule has 0 fully saturated rings. The molecule has 1 atom stereocenters. The number of alkyl halides is 2. The van der Waals surface area contributed by atoms with E-state index in [0.29, 0.717) is 0 Å². The van der Waals surface area contributed by atoms with Gasteiger partial charge in [-0.1, -0.05) is 18.2 Å². The molecule has 0 aromatic heterocycles. The number of halogens is 2. The molecule has 0 unspecified atom stereocenters. The van der Waals surface area contributed by atoms with Crippen LogP contribution in [-0.4, -0.2) is 6.61 Å². The SMILES string of the molecule is N#C[C@@H](N)c1ccccc1OC(F)F. The molecule has 1 aromatic rings. The molecule has 0 aliphatic heterocycles. The van der Waals surface area contributed by atoms with Crippen LogP contribution in [0.3, 0.4) is 0 Å². The van der Waals surface area contributed by atoms with E-state index in [9.17, 15) is 8.78 Å². The van der Waals surface area contributed by atoms with Crippen LogP contribution in [0.4, 0.5) is 8.78 Å². The zero-order valence-corrected chi connectivity index (χ0v) is 7.15. The zero-order valence-electron chi connectivity index (χ0n) is 7.15. The van der Waals surface area contributed by atoms with Gasteiger partial charge in [0.15, 0.2) is 0 Å². The van der Waals surface area contributed by atoms with Gasteiger partial charge in [-0.3, -0.25) is 0 Å². The van der Waals surface area contributed by atoms with Crippen LogP contribution in [-0.2, 0) is 0 Å². The standard InChI is InChI=1S/C9H8F2N2O/c10-9(11)14-8-4-2-1-3-6(8)7(13)5-12/h1-4,7,9H,13H2/t7-/m1/s1. The first kappa shape index (κ1) is 10.4. The highest BCUT2D eigenvalue weighted by molar-refractivity contribution is 5.38. The minimum absolute atomic E-state index is 0.0587. The van der Waals surface area contributed by atoms with Crippen LogP contribution in [0.2, 0.25) is 0 Å². The molecular weight excluding hydrogens is 190 g/mol. The van der Waals surface area contributed by atoms with Crippen LogP contribution in [0, 0.1) is 11.3 Å². The van der Waals surface area contributed by atoms with Gasteiger partial charge in [0, 0.05) is 5.56 Å². The summed E-state index contributed by atoms with van der Waals surface area (Å²) in [6.07, 6.45) is 0. The second kappa shape index (κ2) is 4.53. The number of nitriles is 1. The van der Waals surface area contributed by atoms with Crippen molar-refractivity contribution in [2.75, 3.05) is 0 Å². The summed E-state index contributed by atoms with van der Waals surface area (Å²) in [5.41, 5.74) is 5.64.